The van der Waals surface area contributed by atoms with E-state index in [1.165, 1.54) is 18.4 Å². The molecule has 146 valence electrons. The fourth-order valence-corrected chi connectivity index (χ4v) is 3.67. The highest BCUT2D eigenvalue weighted by Gasteiger charge is 2.25. The highest BCUT2D eigenvalue weighted by molar-refractivity contribution is 5.93. The van der Waals surface area contributed by atoms with Crippen molar-refractivity contribution in [1.82, 2.24) is 14.8 Å². The number of nitrogens with one attached hydrogen (secondary N) is 1. The first-order valence-corrected chi connectivity index (χ1v) is 9.87. The first kappa shape index (κ1) is 17.3. The second-order valence-electron chi connectivity index (χ2n) is 7.60. The van der Waals surface area contributed by atoms with E-state index in [9.17, 15) is 4.79 Å². The maximum Gasteiger partial charge on any atom is 0.272 e. The van der Waals surface area contributed by atoms with E-state index >= 15 is 0 Å². The third-order valence-electron chi connectivity index (χ3n) is 5.43. The second-order valence-corrected chi connectivity index (χ2v) is 7.60. The minimum atomic E-state index is 0.0159. The van der Waals surface area contributed by atoms with Crippen LogP contribution in [0.3, 0.4) is 0 Å². The van der Waals surface area contributed by atoms with Crippen LogP contribution in [0.5, 0.6) is 11.5 Å². The molecule has 1 amide bonds. The molecule has 3 aliphatic rings. The molecule has 1 aliphatic carbocycles. The monoisotopic (exact) mass is 380 g/mol. The standard InChI is InChI=1S/C21H24N4O3/c26-21(18-12-17(5-6-22-18)23-16-2-3-16)25-9-7-24(8-10-25)13-15-1-4-19-20(11-15)28-14-27-19/h1,4-6,11-12,16H,2-3,7-10,13-14H2,(H,22,23). The van der Waals surface area contributed by atoms with Crippen molar-refractivity contribution in [3.8, 4) is 11.5 Å². The van der Waals surface area contributed by atoms with Gasteiger partial charge < -0.3 is 19.7 Å². The molecular formula is C21H24N4O3. The summed E-state index contributed by atoms with van der Waals surface area (Å²) < 4.78 is 10.8. The van der Waals surface area contributed by atoms with Crippen molar-refractivity contribution < 1.29 is 14.3 Å². The molecule has 2 aliphatic heterocycles. The number of ether oxygens (including phenoxy) is 2. The molecule has 0 unspecified atom stereocenters. The number of carbonyl (C=O) groups is 1. The van der Waals surface area contributed by atoms with Crippen LogP contribution in [0.2, 0.25) is 0 Å². The highest BCUT2D eigenvalue weighted by Crippen LogP contribution is 2.33. The zero-order valence-corrected chi connectivity index (χ0v) is 15.8. The molecule has 3 heterocycles. The predicted molar refractivity (Wildman–Crippen MR) is 105 cm³/mol. The van der Waals surface area contributed by atoms with Gasteiger partial charge in [0.15, 0.2) is 11.5 Å². The van der Waals surface area contributed by atoms with E-state index in [0.717, 1.165) is 36.8 Å². The molecule has 1 saturated heterocycles. The zero-order valence-electron chi connectivity index (χ0n) is 15.8. The molecule has 0 spiro atoms. The number of benzene rings is 1. The summed E-state index contributed by atoms with van der Waals surface area (Å²) in [6, 6.07) is 10.4. The molecule has 1 aromatic heterocycles. The Morgan fingerprint density at radius 3 is 2.71 bits per heavy atom. The Balaban J connectivity index is 1.17. The normalized spacial score (nSPS) is 18.9. The van der Waals surface area contributed by atoms with Gasteiger partial charge in [-0.15, -0.1) is 0 Å². The minimum absolute atomic E-state index is 0.0159. The number of piperazine rings is 1. The lowest BCUT2D eigenvalue weighted by Gasteiger charge is -2.34. The van der Waals surface area contributed by atoms with Crippen LogP contribution < -0.4 is 14.8 Å². The Morgan fingerprint density at radius 2 is 1.89 bits per heavy atom. The van der Waals surface area contributed by atoms with Gasteiger partial charge in [0.05, 0.1) is 0 Å². The molecule has 0 bridgehead atoms. The average molecular weight is 380 g/mol. The molecule has 1 saturated carbocycles. The van der Waals surface area contributed by atoms with E-state index in [1.807, 2.05) is 29.2 Å². The van der Waals surface area contributed by atoms with Crippen LogP contribution in [0.15, 0.2) is 36.5 Å². The molecule has 7 heteroatoms. The summed E-state index contributed by atoms with van der Waals surface area (Å²) >= 11 is 0. The Labute approximate surface area is 164 Å². The van der Waals surface area contributed by atoms with Crippen LogP contribution in [0.4, 0.5) is 5.69 Å². The van der Waals surface area contributed by atoms with E-state index in [4.69, 9.17) is 9.47 Å². The Bertz CT molecular complexity index is 876. The van der Waals surface area contributed by atoms with Crippen LogP contribution in [-0.2, 0) is 6.54 Å². The van der Waals surface area contributed by atoms with Crippen molar-refractivity contribution in [2.24, 2.45) is 0 Å². The van der Waals surface area contributed by atoms with Crippen molar-refractivity contribution in [3.63, 3.8) is 0 Å². The average Bonchev–Trinajstić information content (AvgIpc) is 3.41. The SMILES string of the molecule is O=C(c1cc(NC2CC2)ccn1)N1CCN(Cc2ccc3c(c2)OCO3)CC1. The maximum absolute atomic E-state index is 12.8. The lowest BCUT2D eigenvalue weighted by molar-refractivity contribution is 0.0623. The molecule has 2 aromatic rings. The Hall–Kier alpha value is -2.80. The molecule has 0 atom stereocenters. The van der Waals surface area contributed by atoms with E-state index in [2.05, 4.69) is 21.3 Å². The lowest BCUT2D eigenvalue weighted by Crippen LogP contribution is -2.48. The number of aromatic nitrogens is 1. The summed E-state index contributed by atoms with van der Waals surface area (Å²) in [5.41, 5.74) is 2.71. The number of carbonyl (C=O) groups excluding carboxylic acids is 1. The third-order valence-corrected chi connectivity index (χ3v) is 5.43. The van der Waals surface area contributed by atoms with E-state index in [0.29, 0.717) is 31.6 Å². The molecule has 28 heavy (non-hydrogen) atoms. The van der Waals surface area contributed by atoms with Crippen LogP contribution in [-0.4, -0.2) is 59.7 Å². The summed E-state index contributed by atoms with van der Waals surface area (Å²) in [5, 5.41) is 3.43. The Kier molecular flexibility index (Phi) is 4.52. The summed E-state index contributed by atoms with van der Waals surface area (Å²) in [7, 11) is 0. The van der Waals surface area contributed by atoms with Crippen molar-refractivity contribution in [2.75, 3.05) is 38.3 Å². The summed E-state index contributed by atoms with van der Waals surface area (Å²) in [6.45, 7) is 4.26. The van der Waals surface area contributed by atoms with Gasteiger partial charge in [-0.1, -0.05) is 6.07 Å². The topological polar surface area (TPSA) is 66.9 Å². The lowest BCUT2D eigenvalue weighted by atomic mass is 10.1. The van der Waals surface area contributed by atoms with Crippen molar-refractivity contribution in [1.29, 1.82) is 0 Å². The summed E-state index contributed by atoms with van der Waals surface area (Å²) in [4.78, 5) is 21.4. The number of pyridine rings is 1. The van der Waals surface area contributed by atoms with Gasteiger partial charge in [-0.25, -0.2) is 0 Å². The van der Waals surface area contributed by atoms with Crippen molar-refractivity contribution >= 4 is 11.6 Å². The summed E-state index contributed by atoms with van der Waals surface area (Å²) in [5.74, 6) is 1.64. The first-order chi connectivity index (χ1) is 13.7. The Morgan fingerprint density at radius 1 is 1.07 bits per heavy atom. The van der Waals surface area contributed by atoms with Crippen LogP contribution in [0.25, 0.3) is 0 Å². The van der Waals surface area contributed by atoms with E-state index in [1.54, 1.807) is 6.20 Å². The maximum atomic E-state index is 12.8. The smallest absolute Gasteiger partial charge is 0.272 e. The van der Waals surface area contributed by atoms with Crippen LogP contribution in [0, 0.1) is 0 Å². The minimum Gasteiger partial charge on any atom is -0.454 e. The zero-order chi connectivity index (χ0) is 18.9. The molecule has 1 N–H and O–H groups in total. The molecule has 7 nitrogen and oxygen atoms in total. The molecular weight excluding hydrogens is 356 g/mol. The third kappa shape index (κ3) is 3.75. The van der Waals surface area contributed by atoms with Crippen LogP contribution >= 0.6 is 0 Å². The highest BCUT2D eigenvalue weighted by atomic mass is 16.7. The number of anilines is 1. The number of nitrogens with zero attached hydrogens (tertiary/aromatic N) is 3. The fraction of sp³-hybridized carbons (Fsp3) is 0.429. The van der Waals surface area contributed by atoms with Gasteiger partial charge in [-0.2, -0.15) is 0 Å². The number of hydrogen-bond donors (Lipinski definition) is 1. The molecule has 5 rings (SSSR count). The van der Waals surface area contributed by atoms with E-state index < -0.39 is 0 Å². The number of rotatable bonds is 5. The number of amides is 1. The van der Waals surface area contributed by atoms with Gasteiger partial charge in [0, 0.05) is 50.6 Å². The number of fused-ring (bicyclic) bond motifs is 1. The molecule has 1 aromatic carbocycles. The van der Waals surface area contributed by atoms with Gasteiger partial charge in [-0.05, 0) is 42.7 Å². The molecule has 0 radical (unpaired) electrons. The second kappa shape index (κ2) is 7.31. The number of hydrogen-bond acceptors (Lipinski definition) is 6. The quantitative estimate of drug-likeness (QED) is 0.859. The van der Waals surface area contributed by atoms with Gasteiger partial charge in [0.25, 0.3) is 5.91 Å². The van der Waals surface area contributed by atoms with E-state index in [-0.39, 0.29) is 5.91 Å². The summed E-state index contributed by atoms with van der Waals surface area (Å²) in [6.07, 6.45) is 4.13. The van der Waals surface area contributed by atoms with Gasteiger partial charge in [-0.3, -0.25) is 14.7 Å². The van der Waals surface area contributed by atoms with Crippen molar-refractivity contribution in [2.45, 2.75) is 25.4 Å². The van der Waals surface area contributed by atoms with Crippen molar-refractivity contribution in [3.05, 3.63) is 47.8 Å². The predicted octanol–water partition coefficient (Wildman–Crippen LogP) is 2.34. The van der Waals surface area contributed by atoms with Gasteiger partial charge >= 0.3 is 0 Å². The molecule has 2 fully saturated rings. The largest absolute Gasteiger partial charge is 0.454 e. The fourth-order valence-electron chi connectivity index (χ4n) is 3.67. The first-order valence-electron chi connectivity index (χ1n) is 9.87. The van der Waals surface area contributed by atoms with Gasteiger partial charge in [0.1, 0.15) is 5.69 Å². The van der Waals surface area contributed by atoms with Gasteiger partial charge in [0.2, 0.25) is 6.79 Å². The van der Waals surface area contributed by atoms with Crippen LogP contribution in [0.1, 0.15) is 28.9 Å².